The molecule has 2 N–H and O–H groups in total. The molecule has 5 aliphatic carbocycles. The Kier molecular flexibility index (Phi) is 5.42. The smallest absolute Gasteiger partial charge is 0.155 e. The van der Waals surface area contributed by atoms with E-state index in [4.69, 9.17) is 5.53 Å². The van der Waals surface area contributed by atoms with Crippen LogP contribution in [0.5, 0.6) is 0 Å². The van der Waals surface area contributed by atoms with Gasteiger partial charge in [0.15, 0.2) is 5.78 Å². The van der Waals surface area contributed by atoms with E-state index < -0.39 is 5.82 Å². The highest BCUT2D eigenvalue weighted by atomic mass is 19.1. The van der Waals surface area contributed by atoms with Gasteiger partial charge in [0.25, 0.3) is 0 Å². The van der Waals surface area contributed by atoms with Crippen LogP contribution in [0.15, 0.2) is 23.3 Å². The summed E-state index contributed by atoms with van der Waals surface area (Å²) >= 11 is 0. The van der Waals surface area contributed by atoms with Gasteiger partial charge in [-0.1, -0.05) is 27.2 Å². The van der Waals surface area contributed by atoms with Gasteiger partial charge in [-0.3, -0.25) is 4.79 Å². The number of rotatable bonds is 5. The molecule has 5 heteroatoms. The topological polar surface area (TPSA) is 65.3 Å². The van der Waals surface area contributed by atoms with E-state index in [1.165, 1.54) is 57.1 Å². The first kappa shape index (κ1) is 22.7. The Hall–Kier alpha value is -1.78. The second-order valence-electron chi connectivity index (χ2n) is 12.9. The van der Waals surface area contributed by atoms with Gasteiger partial charge in [-0.05, 0) is 109 Å². The highest BCUT2D eigenvalue weighted by Crippen LogP contribution is 2.76. The van der Waals surface area contributed by atoms with E-state index in [-0.39, 0.29) is 23.6 Å². The second-order valence-corrected chi connectivity index (χ2v) is 12.9. The van der Waals surface area contributed by atoms with E-state index in [2.05, 4.69) is 31.2 Å². The number of Topliss-reactive ketones (excluding diaryl/α,β-unsaturated/α-hetero) is 1. The minimum absolute atomic E-state index is 0.127. The Morgan fingerprint density at radius 3 is 2.71 bits per heavy atom. The Morgan fingerprint density at radius 2 is 1.91 bits per heavy atom. The van der Waals surface area contributed by atoms with Crippen LogP contribution in [0.3, 0.4) is 0 Å². The quantitative estimate of drug-likeness (QED) is 0.443. The molecule has 0 spiro atoms. The fourth-order valence-electron chi connectivity index (χ4n) is 10.1. The monoisotopic (exact) mass is 465 g/mol. The first-order valence-electron chi connectivity index (χ1n) is 13.8. The van der Waals surface area contributed by atoms with E-state index >= 15 is 0 Å². The first-order valence-corrected chi connectivity index (χ1v) is 13.8. The summed E-state index contributed by atoms with van der Waals surface area (Å²) in [7, 11) is 0. The number of benzene rings is 1. The number of nitrogens with zero attached hydrogens (tertiary/aromatic N) is 1. The molecule has 11 atom stereocenters. The fraction of sp³-hybridized carbons (Fsp3) is 0.759. The Bertz CT molecular complexity index is 996. The van der Waals surface area contributed by atoms with Gasteiger partial charge in [0.05, 0.1) is 12.2 Å². The van der Waals surface area contributed by atoms with E-state index in [1.807, 2.05) is 0 Å². The van der Waals surface area contributed by atoms with E-state index in [0.717, 1.165) is 35.5 Å². The van der Waals surface area contributed by atoms with Crippen LogP contribution in [-0.4, -0.2) is 12.3 Å². The maximum Gasteiger partial charge on any atom is 0.155 e. The molecule has 5 saturated carbocycles. The lowest BCUT2D eigenvalue weighted by atomic mass is 9.47. The second kappa shape index (κ2) is 8.13. The largest absolute Gasteiger partial charge is 0.376 e. The van der Waals surface area contributed by atoms with Crippen molar-refractivity contribution in [2.24, 2.45) is 69.7 Å². The lowest BCUT2D eigenvalue weighted by molar-refractivity contribution is -0.132. The number of hydrogen-bond donors (Lipinski definition) is 2. The molecule has 0 bridgehead atoms. The molecule has 5 fully saturated rings. The Balaban J connectivity index is 1.21. The third-order valence-electron chi connectivity index (χ3n) is 11.4. The Morgan fingerprint density at radius 1 is 1.12 bits per heavy atom. The third-order valence-corrected chi connectivity index (χ3v) is 11.4. The van der Waals surface area contributed by atoms with Crippen LogP contribution in [-0.2, 0) is 4.79 Å². The van der Waals surface area contributed by atoms with Crippen molar-refractivity contribution in [2.75, 3.05) is 11.9 Å². The summed E-state index contributed by atoms with van der Waals surface area (Å²) in [5.74, 6) is 7.20. The van der Waals surface area contributed by atoms with Crippen molar-refractivity contribution in [1.82, 2.24) is 0 Å². The summed E-state index contributed by atoms with van der Waals surface area (Å²) in [5, 5.41) is 6.64. The molecule has 34 heavy (non-hydrogen) atoms. The summed E-state index contributed by atoms with van der Waals surface area (Å²) < 4.78 is 13.5. The van der Waals surface area contributed by atoms with Crippen LogP contribution in [0.4, 0.5) is 15.8 Å². The third kappa shape index (κ3) is 3.32. The van der Waals surface area contributed by atoms with Crippen molar-refractivity contribution in [1.29, 1.82) is 5.53 Å². The van der Waals surface area contributed by atoms with E-state index in [0.29, 0.717) is 29.2 Å². The molecule has 184 valence electrons. The predicted octanol–water partition coefficient (Wildman–Crippen LogP) is 7.48. The van der Waals surface area contributed by atoms with Crippen LogP contribution >= 0.6 is 0 Å². The molecular formula is C29H40FN3O. The van der Waals surface area contributed by atoms with Crippen molar-refractivity contribution < 1.29 is 9.18 Å². The predicted molar refractivity (Wildman–Crippen MR) is 131 cm³/mol. The zero-order valence-corrected chi connectivity index (χ0v) is 20.9. The standard InChI is InChI=1S/C29H40FN3O/c1-15-4-7-19-17(12-15)5-8-21-20(19)10-11-29(3)27(21)25-16(2)26(25)28(29)24(34)14-32-22-9-6-18(30)13-23(22)33-31/h6,9,13,15-17,19-21,25-28,31-32H,4-5,7-8,10-12,14H2,1-3H3/t15-,16-,17+,19-,20?,21+,25+,26-,27?,28-,29-/m0/s1. The average Bonchev–Trinajstić information content (AvgIpc) is 3.34. The molecule has 0 amide bonds. The van der Waals surface area contributed by atoms with Crippen LogP contribution in [0.25, 0.3) is 0 Å². The number of nitrogens with one attached hydrogen (secondary N) is 2. The molecule has 1 aromatic rings. The van der Waals surface area contributed by atoms with Gasteiger partial charge in [0.1, 0.15) is 11.5 Å². The van der Waals surface area contributed by atoms with Crippen LogP contribution in [0.2, 0.25) is 0 Å². The normalized spacial score (nSPS) is 46.5. The summed E-state index contributed by atoms with van der Waals surface area (Å²) in [6.45, 7) is 7.53. The van der Waals surface area contributed by atoms with E-state index in [1.54, 1.807) is 6.07 Å². The number of carbonyl (C=O) groups excluding carboxylic acids is 1. The molecule has 5 aliphatic rings. The van der Waals surface area contributed by atoms with Gasteiger partial charge in [-0.15, -0.1) is 0 Å². The fourth-order valence-corrected chi connectivity index (χ4v) is 10.1. The van der Waals surface area contributed by atoms with Crippen molar-refractivity contribution in [3.05, 3.63) is 24.0 Å². The molecule has 0 aromatic heterocycles. The van der Waals surface area contributed by atoms with E-state index in [9.17, 15) is 9.18 Å². The maximum absolute atomic E-state index is 13.7. The maximum atomic E-state index is 13.7. The highest BCUT2D eigenvalue weighted by molar-refractivity contribution is 5.88. The zero-order chi connectivity index (χ0) is 23.8. The van der Waals surface area contributed by atoms with Crippen LogP contribution < -0.4 is 5.32 Å². The number of carbonyl (C=O) groups is 1. The number of hydrogen-bond acceptors (Lipinski definition) is 4. The van der Waals surface area contributed by atoms with Gasteiger partial charge < -0.3 is 5.32 Å². The summed E-state index contributed by atoms with van der Waals surface area (Å²) in [4.78, 5) is 13.7. The number of halogens is 1. The molecular weight excluding hydrogens is 425 g/mol. The molecule has 0 heterocycles. The molecule has 0 aliphatic heterocycles. The molecule has 4 nitrogen and oxygen atoms in total. The van der Waals surface area contributed by atoms with Gasteiger partial charge in [0, 0.05) is 12.0 Å². The van der Waals surface area contributed by atoms with Crippen molar-refractivity contribution in [2.45, 2.75) is 65.7 Å². The lowest BCUT2D eigenvalue weighted by Crippen LogP contribution is -2.51. The SMILES string of the molecule is C[C@H]1CC[C@@H]2C3CC[C@@]4(C)C([C@@H]3CC[C@@H]2C1)[C@@H]1[C@H](C)[C@@H]1[C@@H]4C(=O)CNc1ccc(F)cc1N=N. The van der Waals surface area contributed by atoms with Crippen molar-refractivity contribution in [3.8, 4) is 0 Å². The first-order chi connectivity index (χ1) is 16.3. The molecule has 0 saturated heterocycles. The number of fused-ring (bicyclic) bond motifs is 7. The van der Waals surface area contributed by atoms with Crippen LogP contribution in [0.1, 0.15) is 65.7 Å². The highest BCUT2D eigenvalue weighted by Gasteiger charge is 2.73. The van der Waals surface area contributed by atoms with Gasteiger partial charge >= 0.3 is 0 Å². The molecule has 6 rings (SSSR count). The minimum Gasteiger partial charge on any atom is -0.376 e. The summed E-state index contributed by atoms with van der Waals surface area (Å²) in [5.41, 5.74) is 8.29. The molecule has 0 radical (unpaired) electrons. The molecule has 1 aromatic carbocycles. The minimum atomic E-state index is -0.414. The van der Waals surface area contributed by atoms with Crippen LogP contribution in [0, 0.1) is 75.9 Å². The zero-order valence-electron chi connectivity index (χ0n) is 20.9. The lowest BCUT2D eigenvalue weighted by Gasteiger charge is -2.57. The Labute approximate surface area is 203 Å². The van der Waals surface area contributed by atoms with Gasteiger partial charge in [0.2, 0.25) is 0 Å². The molecule has 2 unspecified atom stereocenters. The average molecular weight is 466 g/mol. The van der Waals surface area contributed by atoms with Crippen molar-refractivity contribution >= 4 is 17.2 Å². The van der Waals surface area contributed by atoms with Gasteiger partial charge in [-0.25, -0.2) is 9.92 Å². The summed E-state index contributed by atoms with van der Waals surface area (Å²) in [6.07, 6.45) is 9.62. The number of ketones is 1. The van der Waals surface area contributed by atoms with Gasteiger partial charge in [-0.2, -0.15) is 5.11 Å². The van der Waals surface area contributed by atoms with Crippen molar-refractivity contribution in [3.63, 3.8) is 0 Å². The number of anilines is 1. The summed E-state index contributed by atoms with van der Waals surface area (Å²) in [6, 6.07) is 4.19.